The van der Waals surface area contributed by atoms with E-state index in [9.17, 15) is 4.79 Å². The van der Waals surface area contributed by atoms with Gasteiger partial charge in [0.05, 0.1) is 13.5 Å². The Balaban J connectivity index is 0.00000144. The maximum Gasteiger partial charge on any atom is 1.00 e. The molecule has 0 amide bonds. The van der Waals surface area contributed by atoms with E-state index in [1.807, 2.05) is 36.4 Å². The molecule has 2 aromatic carbocycles. The number of fused-ring (bicyclic) bond motifs is 1. The molecule has 0 bridgehead atoms. The van der Waals surface area contributed by atoms with Crippen LogP contribution in [0.3, 0.4) is 0 Å². The molecule has 2 rings (SSSR count). The van der Waals surface area contributed by atoms with E-state index in [0.29, 0.717) is 0 Å². The van der Waals surface area contributed by atoms with Crippen LogP contribution in [0.5, 0.6) is 5.75 Å². The van der Waals surface area contributed by atoms with E-state index in [2.05, 4.69) is 0 Å². The topological polar surface area (TPSA) is 46.5 Å². The zero-order chi connectivity index (χ0) is 11.5. The molecule has 0 heterocycles. The fourth-order valence-electron chi connectivity index (χ4n) is 1.76. The SMILES string of the molecule is COc1ccc2cccc(CC(=O)O)c2c1.[H-].[Na+]. The third-order valence-corrected chi connectivity index (χ3v) is 2.52. The van der Waals surface area contributed by atoms with Gasteiger partial charge in [-0.2, -0.15) is 0 Å². The molecule has 84 valence electrons. The fourth-order valence-corrected chi connectivity index (χ4v) is 1.76. The largest absolute Gasteiger partial charge is 1.00 e. The van der Waals surface area contributed by atoms with Crippen LogP contribution in [0, 0.1) is 0 Å². The number of rotatable bonds is 3. The molecule has 0 aliphatic heterocycles. The van der Waals surface area contributed by atoms with Gasteiger partial charge in [0.25, 0.3) is 0 Å². The third kappa shape index (κ3) is 3.22. The van der Waals surface area contributed by atoms with Gasteiger partial charge in [0.2, 0.25) is 0 Å². The summed E-state index contributed by atoms with van der Waals surface area (Å²) in [6.07, 6.45) is 0.0322. The maximum absolute atomic E-state index is 10.7. The molecule has 0 spiro atoms. The van der Waals surface area contributed by atoms with Crippen molar-refractivity contribution in [2.24, 2.45) is 0 Å². The van der Waals surface area contributed by atoms with E-state index in [1.54, 1.807) is 7.11 Å². The molecular formula is C13H13NaO3. The van der Waals surface area contributed by atoms with Gasteiger partial charge in [-0.3, -0.25) is 4.79 Å². The standard InChI is InChI=1S/C13H12O3.Na.H/c1-16-11-6-5-9-3-2-4-10(7-13(14)15)12(9)8-11;;/h2-6,8H,7H2,1H3,(H,14,15);;/q;+1;-1. The number of carboxylic acids is 1. The van der Waals surface area contributed by atoms with Crippen molar-refractivity contribution in [2.45, 2.75) is 6.42 Å². The van der Waals surface area contributed by atoms with Gasteiger partial charge >= 0.3 is 35.5 Å². The molecule has 0 radical (unpaired) electrons. The van der Waals surface area contributed by atoms with Crippen molar-refractivity contribution in [2.75, 3.05) is 7.11 Å². The number of benzene rings is 2. The van der Waals surface area contributed by atoms with Crippen molar-refractivity contribution in [1.82, 2.24) is 0 Å². The van der Waals surface area contributed by atoms with Crippen LogP contribution in [-0.4, -0.2) is 18.2 Å². The molecule has 2 aromatic rings. The van der Waals surface area contributed by atoms with E-state index in [0.717, 1.165) is 22.1 Å². The number of hydrogen-bond donors (Lipinski definition) is 1. The first kappa shape index (κ1) is 14.0. The molecule has 1 N–H and O–H groups in total. The predicted molar refractivity (Wildman–Crippen MR) is 63.0 cm³/mol. The minimum atomic E-state index is -0.824. The average molecular weight is 240 g/mol. The van der Waals surface area contributed by atoms with Gasteiger partial charge < -0.3 is 11.3 Å². The molecule has 4 heteroatoms. The minimum Gasteiger partial charge on any atom is -1.00 e. The zero-order valence-corrected chi connectivity index (χ0v) is 11.9. The summed E-state index contributed by atoms with van der Waals surface area (Å²) in [4.78, 5) is 10.7. The summed E-state index contributed by atoms with van der Waals surface area (Å²) >= 11 is 0. The molecule has 0 atom stereocenters. The van der Waals surface area contributed by atoms with E-state index in [4.69, 9.17) is 9.84 Å². The molecule has 0 fully saturated rings. The smallest absolute Gasteiger partial charge is 1.00 e. The minimum absolute atomic E-state index is 0. The Morgan fingerprint density at radius 1 is 1.35 bits per heavy atom. The van der Waals surface area contributed by atoms with Gasteiger partial charge in [0, 0.05) is 0 Å². The van der Waals surface area contributed by atoms with E-state index in [1.165, 1.54) is 0 Å². The number of methoxy groups -OCH3 is 1. The first-order chi connectivity index (χ1) is 7.70. The van der Waals surface area contributed by atoms with Gasteiger partial charge in [-0.1, -0.05) is 24.3 Å². The third-order valence-electron chi connectivity index (χ3n) is 2.52. The van der Waals surface area contributed by atoms with Crippen molar-refractivity contribution in [3.8, 4) is 5.75 Å². The van der Waals surface area contributed by atoms with E-state index in [-0.39, 0.29) is 37.4 Å². The van der Waals surface area contributed by atoms with Crippen LogP contribution in [0.25, 0.3) is 10.8 Å². The Morgan fingerprint density at radius 3 is 2.76 bits per heavy atom. The molecule has 0 aromatic heterocycles. The summed E-state index contributed by atoms with van der Waals surface area (Å²) in [7, 11) is 1.60. The van der Waals surface area contributed by atoms with Crippen LogP contribution >= 0.6 is 0 Å². The van der Waals surface area contributed by atoms with Gasteiger partial charge in [-0.15, -0.1) is 0 Å². The van der Waals surface area contributed by atoms with E-state index >= 15 is 0 Å². The molecule has 0 saturated heterocycles. The van der Waals surface area contributed by atoms with Crippen molar-refractivity contribution >= 4 is 16.7 Å². The first-order valence-corrected chi connectivity index (χ1v) is 4.98. The molecule has 3 nitrogen and oxygen atoms in total. The summed E-state index contributed by atoms with van der Waals surface area (Å²) in [5.74, 6) is -0.0827. The maximum atomic E-state index is 10.7. The van der Waals surface area contributed by atoms with Crippen LogP contribution in [0.4, 0.5) is 0 Å². The van der Waals surface area contributed by atoms with Crippen molar-refractivity contribution in [1.29, 1.82) is 0 Å². The number of ether oxygens (including phenoxy) is 1. The summed E-state index contributed by atoms with van der Waals surface area (Å²) < 4.78 is 5.13. The Labute approximate surface area is 123 Å². The van der Waals surface area contributed by atoms with Crippen molar-refractivity contribution < 1.29 is 45.6 Å². The summed E-state index contributed by atoms with van der Waals surface area (Å²) in [6.45, 7) is 0. The number of hydrogen-bond acceptors (Lipinski definition) is 2. The van der Waals surface area contributed by atoms with Gasteiger partial charge in [-0.05, 0) is 28.5 Å². The van der Waals surface area contributed by atoms with E-state index < -0.39 is 5.97 Å². The Morgan fingerprint density at radius 2 is 2.12 bits per heavy atom. The second-order valence-corrected chi connectivity index (χ2v) is 3.57. The fraction of sp³-hybridized carbons (Fsp3) is 0.154. The van der Waals surface area contributed by atoms with Crippen molar-refractivity contribution in [3.05, 3.63) is 42.0 Å². The van der Waals surface area contributed by atoms with Crippen LogP contribution in [0.1, 0.15) is 6.99 Å². The Bertz CT molecular complexity index is 543. The van der Waals surface area contributed by atoms with Crippen molar-refractivity contribution in [3.63, 3.8) is 0 Å². The quantitative estimate of drug-likeness (QED) is 0.742. The molecule has 0 unspecified atom stereocenters. The van der Waals surface area contributed by atoms with Gasteiger partial charge in [-0.25, -0.2) is 0 Å². The zero-order valence-electron chi connectivity index (χ0n) is 10.9. The van der Waals surface area contributed by atoms with Crippen LogP contribution in [0.2, 0.25) is 0 Å². The van der Waals surface area contributed by atoms with Crippen LogP contribution in [-0.2, 0) is 11.2 Å². The molecular weight excluding hydrogens is 227 g/mol. The van der Waals surface area contributed by atoms with Crippen LogP contribution in [0.15, 0.2) is 36.4 Å². The van der Waals surface area contributed by atoms with Crippen LogP contribution < -0.4 is 34.3 Å². The van der Waals surface area contributed by atoms with Gasteiger partial charge in [0.1, 0.15) is 5.75 Å². The summed E-state index contributed by atoms with van der Waals surface area (Å²) in [5, 5.41) is 10.8. The monoisotopic (exact) mass is 240 g/mol. The first-order valence-electron chi connectivity index (χ1n) is 4.98. The predicted octanol–water partition coefficient (Wildman–Crippen LogP) is -0.408. The number of carbonyl (C=O) groups is 1. The number of carboxylic acid groups (broad SMARTS) is 1. The molecule has 17 heavy (non-hydrogen) atoms. The summed E-state index contributed by atoms with van der Waals surface area (Å²) in [6, 6.07) is 11.3. The average Bonchev–Trinajstić information content (AvgIpc) is 2.28. The van der Waals surface area contributed by atoms with Gasteiger partial charge in [0.15, 0.2) is 0 Å². The summed E-state index contributed by atoms with van der Waals surface area (Å²) in [5.41, 5.74) is 0.809. The number of aliphatic carboxylic acids is 1. The Hall–Kier alpha value is -1.03. The molecule has 0 aliphatic carbocycles. The molecule has 0 saturated carbocycles. The normalized spacial score (nSPS) is 9.71. The second kappa shape index (κ2) is 6.05. The second-order valence-electron chi connectivity index (χ2n) is 3.57. The Kier molecular flexibility index (Phi) is 5.00. The molecule has 0 aliphatic rings.